The minimum atomic E-state index is -1.26. The fourth-order valence-electron chi connectivity index (χ4n) is 0.285. The van der Waals surface area contributed by atoms with Crippen LogP contribution < -0.4 is 88.7 Å². The maximum Gasteiger partial charge on any atom is 1.00 e. The molecule has 0 fully saturated rings. The van der Waals surface area contributed by atoms with E-state index < -0.39 is 23.9 Å². The number of aliphatic carboxylic acids is 4. The summed E-state index contributed by atoms with van der Waals surface area (Å²) in [5.74, 6) is -5.03. The van der Waals surface area contributed by atoms with Crippen LogP contribution >= 0.6 is 0 Å². The molecule has 0 radical (unpaired) electrons. The smallest absolute Gasteiger partial charge is 1.00 e. The van der Waals surface area contributed by atoms with Crippen molar-refractivity contribution in [3.05, 3.63) is 24.3 Å². The van der Waals surface area contributed by atoms with Gasteiger partial charge in [0, 0.05) is 24.3 Å². The summed E-state index contributed by atoms with van der Waals surface area (Å²) in [5.41, 5.74) is 0. The molecule has 0 bridgehead atoms. The molecule has 0 spiro atoms. The van der Waals surface area contributed by atoms with Gasteiger partial charge in [0.05, 0.1) is 0 Å². The SMILES string of the molecule is O=C(O)/C=C/C(=O)O.O=C(O)/C=C\C(=O)O.[H-].[H-].[H-].[Na+].[Na+].[Na+]. The van der Waals surface area contributed by atoms with Crippen molar-refractivity contribution in [2.24, 2.45) is 0 Å². The van der Waals surface area contributed by atoms with Crippen LogP contribution in [0.25, 0.3) is 0 Å². The van der Waals surface area contributed by atoms with Crippen LogP contribution in [-0.4, -0.2) is 44.3 Å². The third kappa shape index (κ3) is 45.8. The van der Waals surface area contributed by atoms with Crippen molar-refractivity contribution in [3.8, 4) is 0 Å². The molecule has 8 nitrogen and oxygen atoms in total. The molecule has 0 aromatic heterocycles. The van der Waals surface area contributed by atoms with Gasteiger partial charge in [-0.3, -0.25) is 0 Å². The molecule has 0 aromatic carbocycles. The molecule has 0 saturated carbocycles. The van der Waals surface area contributed by atoms with Gasteiger partial charge in [0.25, 0.3) is 0 Å². The van der Waals surface area contributed by atoms with Gasteiger partial charge >= 0.3 is 113 Å². The van der Waals surface area contributed by atoms with Crippen LogP contribution in [0.3, 0.4) is 0 Å². The van der Waals surface area contributed by atoms with E-state index in [1.165, 1.54) is 0 Å². The van der Waals surface area contributed by atoms with E-state index in [-0.39, 0.29) is 93.0 Å². The first-order valence-electron chi connectivity index (χ1n) is 3.53. The molecule has 0 aliphatic heterocycles. The molecule has 0 aromatic rings. The number of carboxylic acids is 4. The van der Waals surface area contributed by atoms with Gasteiger partial charge in [-0.2, -0.15) is 0 Å². The van der Waals surface area contributed by atoms with E-state index in [1.54, 1.807) is 0 Å². The molecular formula is C8H11Na3O8. The molecule has 0 aliphatic carbocycles. The van der Waals surface area contributed by atoms with Gasteiger partial charge in [-0.05, 0) is 0 Å². The van der Waals surface area contributed by atoms with Gasteiger partial charge < -0.3 is 24.7 Å². The van der Waals surface area contributed by atoms with Gasteiger partial charge in [-0.1, -0.05) is 0 Å². The number of hydrogen-bond acceptors (Lipinski definition) is 4. The second-order valence-corrected chi connectivity index (χ2v) is 2.02. The molecule has 4 N–H and O–H groups in total. The van der Waals surface area contributed by atoms with E-state index in [9.17, 15) is 19.2 Å². The van der Waals surface area contributed by atoms with E-state index in [4.69, 9.17) is 20.4 Å². The number of carboxylic acid groups (broad SMARTS) is 4. The Morgan fingerprint density at radius 2 is 0.632 bits per heavy atom. The van der Waals surface area contributed by atoms with Crippen LogP contribution in [-0.2, 0) is 19.2 Å². The number of rotatable bonds is 4. The average Bonchev–Trinajstić information content (AvgIpc) is 2.12. The van der Waals surface area contributed by atoms with E-state index in [2.05, 4.69) is 0 Å². The Hall–Kier alpha value is 0.360. The van der Waals surface area contributed by atoms with Crippen LogP contribution in [0.4, 0.5) is 0 Å². The predicted molar refractivity (Wildman–Crippen MR) is 52.2 cm³/mol. The minimum absolute atomic E-state index is 0. The zero-order valence-corrected chi connectivity index (χ0v) is 16.7. The standard InChI is InChI=1S/2C4H4O4.3Na.3H/c2*5-3(6)1-2-4(7)8;;;;;;/h2*1-2H,(H,5,6)(H,7,8);;;;;;/q;;3*+1;3*-1/b2-1+;2-1-;;;;;;. The predicted octanol–water partition coefficient (Wildman–Crippen LogP) is -9.23. The minimum Gasteiger partial charge on any atom is -1.00 e. The maximum absolute atomic E-state index is 9.55. The molecule has 0 unspecified atom stereocenters. The van der Waals surface area contributed by atoms with Crippen molar-refractivity contribution < 1.29 is 133 Å². The Kier molecular flexibility index (Phi) is 34.4. The quantitative estimate of drug-likeness (QED) is 0.295. The second kappa shape index (κ2) is 20.7. The fraction of sp³-hybridized carbons (Fsp3) is 0. The van der Waals surface area contributed by atoms with Gasteiger partial charge in [0.15, 0.2) is 0 Å². The van der Waals surface area contributed by atoms with E-state index in [0.717, 1.165) is 0 Å². The molecule has 19 heavy (non-hydrogen) atoms. The third-order valence-corrected chi connectivity index (χ3v) is 0.737. The Labute approximate surface area is 178 Å². The molecule has 0 rings (SSSR count). The van der Waals surface area contributed by atoms with Gasteiger partial charge in [-0.15, -0.1) is 0 Å². The summed E-state index contributed by atoms with van der Waals surface area (Å²) in [6.07, 6.45) is 2.23. The first-order valence-corrected chi connectivity index (χ1v) is 3.53. The van der Waals surface area contributed by atoms with Crippen LogP contribution in [0.1, 0.15) is 4.28 Å². The van der Waals surface area contributed by atoms with Crippen molar-refractivity contribution in [1.82, 2.24) is 0 Å². The summed E-state index contributed by atoms with van der Waals surface area (Å²) in [6, 6.07) is 0. The maximum atomic E-state index is 9.55. The van der Waals surface area contributed by atoms with Gasteiger partial charge in [0.2, 0.25) is 0 Å². The van der Waals surface area contributed by atoms with Crippen molar-refractivity contribution >= 4 is 23.9 Å². The molecule has 0 aliphatic rings. The number of carbonyl (C=O) groups is 4. The molecular weight excluding hydrogens is 293 g/mol. The molecule has 11 heteroatoms. The van der Waals surface area contributed by atoms with E-state index in [0.29, 0.717) is 24.3 Å². The topological polar surface area (TPSA) is 149 Å². The van der Waals surface area contributed by atoms with Crippen LogP contribution in [0.15, 0.2) is 24.3 Å². The molecule has 0 saturated heterocycles. The van der Waals surface area contributed by atoms with Gasteiger partial charge in [0.1, 0.15) is 0 Å². The summed E-state index contributed by atoms with van der Waals surface area (Å²) in [7, 11) is 0. The van der Waals surface area contributed by atoms with Crippen LogP contribution in [0.2, 0.25) is 0 Å². The Balaban J connectivity index is -0.0000000233. The summed E-state index contributed by atoms with van der Waals surface area (Å²) in [4.78, 5) is 38.2. The zero-order valence-electron chi connectivity index (χ0n) is 13.7. The van der Waals surface area contributed by atoms with E-state index in [1.807, 2.05) is 0 Å². The first kappa shape index (κ1) is 31.6. The Morgan fingerprint density at radius 3 is 0.684 bits per heavy atom. The Bertz CT molecular complexity index is 297. The second-order valence-electron chi connectivity index (χ2n) is 2.02. The number of hydrogen-bond donors (Lipinski definition) is 4. The molecule has 94 valence electrons. The molecule has 0 atom stereocenters. The van der Waals surface area contributed by atoms with Crippen molar-refractivity contribution in [3.63, 3.8) is 0 Å². The largest absolute Gasteiger partial charge is 1.00 e. The van der Waals surface area contributed by atoms with Crippen molar-refractivity contribution in [2.45, 2.75) is 0 Å². The normalized spacial score (nSPS) is 8.00. The monoisotopic (exact) mass is 304 g/mol. The van der Waals surface area contributed by atoms with Crippen molar-refractivity contribution in [2.75, 3.05) is 0 Å². The van der Waals surface area contributed by atoms with E-state index >= 15 is 0 Å². The summed E-state index contributed by atoms with van der Waals surface area (Å²) in [6.45, 7) is 0. The van der Waals surface area contributed by atoms with Crippen molar-refractivity contribution in [1.29, 1.82) is 0 Å². The zero-order chi connectivity index (χ0) is 13.1. The Morgan fingerprint density at radius 1 is 0.526 bits per heavy atom. The molecule has 0 amide bonds. The molecule has 0 heterocycles. The first-order chi connectivity index (χ1) is 7.25. The van der Waals surface area contributed by atoms with Gasteiger partial charge in [-0.25, -0.2) is 19.2 Å². The van der Waals surface area contributed by atoms with Crippen LogP contribution in [0, 0.1) is 0 Å². The third-order valence-electron chi connectivity index (χ3n) is 0.737. The summed E-state index contributed by atoms with van der Waals surface area (Å²) >= 11 is 0. The average molecular weight is 304 g/mol. The summed E-state index contributed by atoms with van der Waals surface area (Å²) < 4.78 is 0. The van der Waals surface area contributed by atoms with Crippen LogP contribution in [0.5, 0.6) is 0 Å². The summed E-state index contributed by atoms with van der Waals surface area (Å²) in [5, 5.41) is 31.2. The fourth-order valence-corrected chi connectivity index (χ4v) is 0.285.